The number of amides is 3. The number of nitrogens with one attached hydrogen (secondary N) is 2. The predicted octanol–water partition coefficient (Wildman–Crippen LogP) is 5.35. The fourth-order valence-electron chi connectivity index (χ4n) is 5.54. The Labute approximate surface area is 228 Å². The second-order valence-electron chi connectivity index (χ2n) is 9.85. The van der Waals surface area contributed by atoms with Crippen molar-refractivity contribution in [3.05, 3.63) is 71.3 Å². The van der Waals surface area contributed by atoms with E-state index >= 15 is 0 Å². The quantitative estimate of drug-likeness (QED) is 0.426. The minimum atomic E-state index is -1.45. The first-order chi connectivity index (χ1) is 18.7. The predicted molar refractivity (Wildman–Crippen MR) is 148 cm³/mol. The summed E-state index contributed by atoms with van der Waals surface area (Å²) in [6, 6.07) is 15.4. The number of para-hydroxylation sites is 1. The number of ether oxygens (including phenoxy) is 4. The van der Waals surface area contributed by atoms with Gasteiger partial charge >= 0.3 is 6.03 Å². The number of aryl methyl sites for hydroxylation is 2. The molecule has 0 spiro atoms. The second kappa shape index (κ2) is 10.1. The Kier molecular flexibility index (Phi) is 6.76. The van der Waals surface area contributed by atoms with E-state index in [9.17, 15) is 9.59 Å². The minimum absolute atomic E-state index is 0.292. The van der Waals surface area contributed by atoms with Crippen molar-refractivity contribution in [1.29, 1.82) is 0 Å². The van der Waals surface area contributed by atoms with Crippen LogP contribution in [-0.2, 0) is 4.79 Å². The van der Waals surface area contributed by atoms with E-state index < -0.39 is 23.7 Å². The van der Waals surface area contributed by atoms with Crippen LogP contribution in [0.4, 0.5) is 16.2 Å². The molecule has 5 rings (SSSR count). The number of methoxy groups -OCH3 is 2. The number of carbonyl (C=O) groups excluding carboxylic acids is 2. The monoisotopic (exact) mass is 531 g/mol. The highest BCUT2D eigenvalue weighted by atomic mass is 16.6. The first-order valence-electron chi connectivity index (χ1n) is 12.9. The summed E-state index contributed by atoms with van der Waals surface area (Å²) in [6.45, 7) is 8.02. The Hall–Kier alpha value is -4.40. The third kappa shape index (κ3) is 4.37. The molecule has 9 nitrogen and oxygen atoms in total. The summed E-state index contributed by atoms with van der Waals surface area (Å²) >= 11 is 0. The molecule has 2 bridgehead atoms. The lowest BCUT2D eigenvalue weighted by atomic mass is 9.78. The Morgan fingerprint density at radius 1 is 1.08 bits per heavy atom. The fraction of sp³-hybridized carbons (Fsp3) is 0.333. The SMILES string of the molecule is CCOc1cccc2c1O[C@]1(C)[C@@H](C(=O)Nc3ccc(C)cc3C)[C@@H]2NC(=O)N1c1ccc(OC)cc1OC. The molecule has 1 fully saturated rings. The van der Waals surface area contributed by atoms with E-state index in [-0.39, 0.29) is 5.91 Å². The van der Waals surface area contributed by atoms with E-state index in [0.717, 1.165) is 11.1 Å². The molecule has 3 amide bonds. The van der Waals surface area contributed by atoms with Crippen LogP contribution >= 0.6 is 0 Å². The van der Waals surface area contributed by atoms with E-state index in [0.29, 0.717) is 46.5 Å². The summed E-state index contributed by atoms with van der Waals surface area (Å²) in [4.78, 5) is 29.3. The fourth-order valence-corrected chi connectivity index (χ4v) is 5.54. The van der Waals surface area contributed by atoms with E-state index in [1.807, 2.05) is 57.2 Å². The molecular formula is C30H33N3O6. The van der Waals surface area contributed by atoms with Crippen molar-refractivity contribution < 1.29 is 28.5 Å². The number of urea groups is 1. The lowest BCUT2D eigenvalue weighted by Crippen LogP contribution is -2.72. The lowest BCUT2D eigenvalue weighted by Gasteiger charge is -2.54. The van der Waals surface area contributed by atoms with Crippen LogP contribution in [0.5, 0.6) is 23.0 Å². The highest BCUT2D eigenvalue weighted by Gasteiger charge is 2.61. The summed E-state index contributed by atoms with van der Waals surface area (Å²) in [5.41, 5.74) is 2.39. The van der Waals surface area contributed by atoms with Gasteiger partial charge in [0.05, 0.1) is 32.6 Å². The number of hydrogen-bond donors (Lipinski definition) is 2. The maximum Gasteiger partial charge on any atom is 0.325 e. The zero-order chi connectivity index (χ0) is 27.9. The average molecular weight is 532 g/mol. The molecule has 1 saturated heterocycles. The standard InChI is InChI=1S/C30H33N3O6/c1-7-38-23-10-8-9-20-26-25(28(34)31-21-13-11-17(2)15-18(21)3)30(4,39-27(20)23)33(29(35)32-26)22-14-12-19(36-5)16-24(22)37-6/h8-16,25-26H,7H2,1-6H3,(H,31,34)(H,32,35)/t25-,26-,30-/m1/s1. The van der Waals surface area contributed by atoms with Crippen molar-refractivity contribution in [3.63, 3.8) is 0 Å². The average Bonchev–Trinajstić information content (AvgIpc) is 2.90. The molecule has 0 aromatic heterocycles. The summed E-state index contributed by atoms with van der Waals surface area (Å²) in [7, 11) is 3.07. The number of fused-ring (bicyclic) bond motifs is 4. The van der Waals surface area contributed by atoms with Crippen molar-refractivity contribution in [2.45, 2.75) is 39.5 Å². The van der Waals surface area contributed by atoms with Gasteiger partial charge in [0.15, 0.2) is 11.5 Å². The Balaban J connectivity index is 1.67. The second-order valence-corrected chi connectivity index (χ2v) is 9.85. The lowest BCUT2D eigenvalue weighted by molar-refractivity contribution is -0.131. The number of anilines is 2. The topological polar surface area (TPSA) is 98.4 Å². The van der Waals surface area contributed by atoms with Crippen LogP contribution in [-0.4, -0.2) is 38.5 Å². The molecule has 3 atom stereocenters. The molecule has 3 aromatic rings. The smallest absolute Gasteiger partial charge is 0.325 e. The molecule has 0 saturated carbocycles. The zero-order valence-corrected chi connectivity index (χ0v) is 23.0. The molecule has 2 aliphatic rings. The molecule has 204 valence electrons. The van der Waals surface area contributed by atoms with Gasteiger partial charge in [0, 0.05) is 17.3 Å². The van der Waals surface area contributed by atoms with E-state index in [4.69, 9.17) is 18.9 Å². The molecule has 2 heterocycles. The van der Waals surface area contributed by atoms with Gasteiger partial charge in [-0.05, 0) is 57.5 Å². The van der Waals surface area contributed by atoms with Gasteiger partial charge in [0.25, 0.3) is 0 Å². The van der Waals surface area contributed by atoms with Gasteiger partial charge in [0.2, 0.25) is 11.6 Å². The summed E-state index contributed by atoms with van der Waals surface area (Å²) in [5.74, 6) is 0.850. The maximum atomic E-state index is 14.1. The van der Waals surface area contributed by atoms with Crippen LogP contribution in [0.15, 0.2) is 54.6 Å². The molecular weight excluding hydrogens is 498 g/mol. The molecule has 3 aromatic carbocycles. The highest BCUT2D eigenvalue weighted by Crippen LogP contribution is 2.53. The summed E-state index contributed by atoms with van der Waals surface area (Å²) < 4.78 is 23.6. The van der Waals surface area contributed by atoms with E-state index in [2.05, 4.69) is 10.6 Å². The van der Waals surface area contributed by atoms with Crippen LogP contribution in [0.25, 0.3) is 0 Å². The molecule has 0 radical (unpaired) electrons. The molecule has 0 aliphatic carbocycles. The number of nitrogens with zero attached hydrogens (tertiary/aromatic N) is 1. The van der Waals surface area contributed by atoms with Gasteiger partial charge in [-0.15, -0.1) is 0 Å². The summed E-state index contributed by atoms with van der Waals surface area (Å²) in [5, 5.41) is 6.16. The van der Waals surface area contributed by atoms with Crippen LogP contribution in [0.3, 0.4) is 0 Å². The maximum absolute atomic E-state index is 14.1. The number of benzene rings is 3. The van der Waals surface area contributed by atoms with Gasteiger partial charge < -0.3 is 29.6 Å². The molecule has 2 N–H and O–H groups in total. The third-order valence-electron chi connectivity index (χ3n) is 7.34. The minimum Gasteiger partial charge on any atom is -0.497 e. The first kappa shape index (κ1) is 26.2. The highest BCUT2D eigenvalue weighted by molar-refractivity contribution is 6.02. The Morgan fingerprint density at radius 3 is 2.56 bits per heavy atom. The van der Waals surface area contributed by atoms with E-state index in [1.165, 1.54) is 12.0 Å². The molecule has 2 aliphatic heterocycles. The van der Waals surface area contributed by atoms with Gasteiger partial charge in [-0.2, -0.15) is 0 Å². The normalized spacial score (nSPS) is 21.3. The van der Waals surface area contributed by atoms with Crippen LogP contribution in [0, 0.1) is 19.8 Å². The van der Waals surface area contributed by atoms with Crippen molar-refractivity contribution in [1.82, 2.24) is 5.32 Å². The van der Waals surface area contributed by atoms with Crippen molar-refractivity contribution in [2.75, 3.05) is 31.0 Å². The first-order valence-corrected chi connectivity index (χ1v) is 12.9. The van der Waals surface area contributed by atoms with Gasteiger partial charge in [-0.3, -0.25) is 9.69 Å². The number of rotatable bonds is 7. The van der Waals surface area contributed by atoms with Crippen LogP contribution < -0.4 is 34.5 Å². The van der Waals surface area contributed by atoms with E-state index in [1.54, 1.807) is 32.2 Å². The Bertz CT molecular complexity index is 1440. The zero-order valence-electron chi connectivity index (χ0n) is 23.0. The Morgan fingerprint density at radius 2 is 1.87 bits per heavy atom. The van der Waals surface area contributed by atoms with Crippen molar-refractivity contribution >= 4 is 23.3 Å². The van der Waals surface area contributed by atoms with Crippen molar-refractivity contribution in [3.8, 4) is 23.0 Å². The van der Waals surface area contributed by atoms with Crippen LogP contribution in [0.1, 0.15) is 36.6 Å². The summed E-state index contributed by atoms with van der Waals surface area (Å²) in [6.07, 6.45) is 0. The third-order valence-corrected chi connectivity index (χ3v) is 7.34. The largest absolute Gasteiger partial charge is 0.497 e. The molecule has 9 heteroatoms. The number of carbonyl (C=O) groups is 2. The van der Waals surface area contributed by atoms with Crippen LogP contribution in [0.2, 0.25) is 0 Å². The van der Waals surface area contributed by atoms with Crippen molar-refractivity contribution in [2.24, 2.45) is 5.92 Å². The molecule has 0 unspecified atom stereocenters. The molecule has 39 heavy (non-hydrogen) atoms. The van der Waals surface area contributed by atoms with Gasteiger partial charge in [-0.25, -0.2) is 4.79 Å². The van der Waals surface area contributed by atoms with Gasteiger partial charge in [-0.1, -0.05) is 29.8 Å². The number of hydrogen-bond acceptors (Lipinski definition) is 6. The van der Waals surface area contributed by atoms with Gasteiger partial charge in [0.1, 0.15) is 17.4 Å².